The number of ether oxygens (including phenoxy) is 1. The summed E-state index contributed by atoms with van der Waals surface area (Å²) in [6.07, 6.45) is 4.86. The molecular weight excluding hydrogens is 283 g/mol. The van der Waals surface area contributed by atoms with Crippen molar-refractivity contribution in [1.82, 2.24) is 14.9 Å². The number of anilines is 1. The summed E-state index contributed by atoms with van der Waals surface area (Å²) in [5.41, 5.74) is 0.485. The van der Waals surface area contributed by atoms with Crippen LogP contribution in [0.3, 0.4) is 0 Å². The zero-order chi connectivity index (χ0) is 15.5. The number of halogens is 1. The summed E-state index contributed by atoms with van der Waals surface area (Å²) in [4.78, 5) is 12.5. The molecule has 1 atom stereocenters. The molecule has 0 aromatic carbocycles. The van der Waals surface area contributed by atoms with Crippen molar-refractivity contribution in [3.05, 3.63) is 17.8 Å². The van der Waals surface area contributed by atoms with Gasteiger partial charge in [-0.25, -0.2) is 14.4 Å². The predicted octanol–water partition coefficient (Wildman–Crippen LogP) is 1.73. The highest BCUT2D eigenvalue weighted by Crippen LogP contribution is 2.29. The first-order chi connectivity index (χ1) is 10.7. The third-order valence-corrected chi connectivity index (χ3v) is 4.40. The number of nitrogens with zero attached hydrogens (tertiary/aromatic N) is 4. The van der Waals surface area contributed by atoms with Gasteiger partial charge >= 0.3 is 0 Å². The molecule has 3 rings (SSSR count). The lowest BCUT2D eigenvalue weighted by Gasteiger charge is -2.35. The zero-order valence-corrected chi connectivity index (χ0v) is 13.5. The van der Waals surface area contributed by atoms with Gasteiger partial charge in [-0.1, -0.05) is 6.92 Å². The Morgan fingerprint density at radius 1 is 1.36 bits per heavy atom. The third kappa shape index (κ3) is 3.73. The number of hydrogen-bond donors (Lipinski definition) is 0. The van der Waals surface area contributed by atoms with Crippen molar-refractivity contribution in [2.45, 2.75) is 32.3 Å². The number of hydrogen-bond acceptors (Lipinski definition) is 5. The molecule has 1 aliphatic carbocycles. The van der Waals surface area contributed by atoms with Crippen molar-refractivity contribution in [3.63, 3.8) is 0 Å². The lowest BCUT2D eigenvalue weighted by Crippen LogP contribution is -2.48. The molecule has 2 aliphatic rings. The topological polar surface area (TPSA) is 41.5 Å². The molecule has 0 N–H and O–H groups in total. The molecule has 2 heterocycles. The van der Waals surface area contributed by atoms with Gasteiger partial charge in [0, 0.05) is 26.2 Å². The van der Waals surface area contributed by atoms with E-state index in [-0.39, 0.29) is 11.9 Å². The van der Waals surface area contributed by atoms with Crippen molar-refractivity contribution < 1.29 is 9.13 Å². The van der Waals surface area contributed by atoms with Crippen molar-refractivity contribution in [2.75, 3.05) is 44.7 Å². The van der Waals surface area contributed by atoms with Crippen LogP contribution in [0.4, 0.5) is 10.2 Å². The number of aryl methyl sites for hydroxylation is 1. The molecule has 1 aliphatic heterocycles. The lowest BCUT2D eigenvalue weighted by atomic mass is 10.2. The van der Waals surface area contributed by atoms with Gasteiger partial charge in [-0.3, -0.25) is 0 Å². The van der Waals surface area contributed by atoms with Gasteiger partial charge in [0.05, 0.1) is 18.4 Å². The Labute approximate surface area is 131 Å². The molecule has 122 valence electrons. The van der Waals surface area contributed by atoms with Crippen molar-refractivity contribution in [1.29, 1.82) is 0 Å². The van der Waals surface area contributed by atoms with E-state index in [1.165, 1.54) is 19.2 Å². The average molecular weight is 308 g/mol. The van der Waals surface area contributed by atoms with Crippen molar-refractivity contribution >= 4 is 5.82 Å². The van der Waals surface area contributed by atoms with E-state index < -0.39 is 0 Å². The van der Waals surface area contributed by atoms with Gasteiger partial charge < -0.3 is 14.5 Å². The van der Waals surface area contributed by atoms with Gasteiger partial charge in [0.1, 0.15) is 6.33 Å². The molecule has 0 spiro atoms. The zero-order valence-electron chi connectivity index (χ0n) is 13.5. The molecule has 0 radical (unpaired) electrons. The summed E-state index contributed by atoms with van der Waals surface area (Å²) in [7, 11) is 2.14. The van der Waals surface area contributed by atoms with Crippen LogP contribution in [0.5, 0.6) is 0 Å². The minimum absolute atomic E-state index is 0.108. The summed E-state index contributed by atoms with van der Waals surface area (Å²) in [5.74, 6) is 1.01. The van der Waals surface area contributed by atoms with Crippen LogP contribution in [0.25, 0.3) is 0 Å². The van der Waals surface area contributed by atoms with E-state index in [2.05, 4.69) is 21.9 Å². The second kappa shape index (κ2) is 6.87. The lowest BCUT2D eigenvalue weighted by molar-refractivity contribution is 0.0195. The molecule has 5 nitrogen and oxygen atoms in total. The Kier molecular flexibility index (Phi) is 4.88. The monoisotopic (exact) mass is 308 g/mol. The molecular formula is C16H25FN4O. The maximum absolute atomic E-state index is 14.4. The van der Waals surface area contributed by atoms with Crippen LogP contribution in [0.1, 0.15) is 25.5 Å². The van der Waals surface area contributed by atoms with E-state index in [1.54, 1.807) is 0 Å². The van der Waals surface area contributed by atoms with Gasteiger partial charge in [-0.2, -0.15) is 0 Å². The van der Waals surface area contributed by atoms with E-state index in [0.717, 1.165) is 19.0 Å². The molecule has 0 amide bonds. The first-order valence-electron chi connectivity index (χ1n) is 8.21. The second-order valence-electron chi connectivity index (χ2n) is 6.41. The molecule has 1 saturated carbocycles. The predicted molar refractivity (Wildman–Crippen MR) is 83.5 cm³/mol. The number of aromatic nitrogens is 2. The summed E-state index contributed by atoms with van der Waals surface area (Å²) >= 11 is 0. The van der Waals surface area contributed by atoms with Crippen molar-refractivity contribution in [3.8, 4) is 0 Å². The summed E-state index contributed by atoms with van der Waals surface area (Å²) in [6, 6.07) is 0. The van der Waals surface area contributed by atoms with Crippen molar-refractivity contribution in [2.24, 2.45) is 5.92 Å². The van der Waals surface area contributed by atoms with Crippen LogP contribution in [-0.4, -0.2) is 60.8 Å². The standard InChI is InChI=1S/C16H25FN4O/c1-3-14-15(17)16(19-11-18-14)21-6-7-22-13(10-21)9-20(2)8-12-4-5-12/h11-13H,3-10H2,1-2H3. The number of morpholine rings is 1. The molecule has 2 fully saturated rings. The Hall–Kier alpha value is -1.27. The highest BCUT2D eigenvalue weighted by Gasteiger charge is 2.28. The average Bonchev–Trinajstić information content (AvgIpc) is 3.31. The fourth-order valence-electron chi connectivity index (χ4n) is 3.05. The van der Waals surface area contributed by atoms with E-state index in [4.69, 9.17) is 4.74 Å². The van der Waals surface area contributed by atoms with Crippen LogP contribution in [0.2, 0.25) is 0 Å². The van der Waals surface area contributed by atoms with E-state index in [9.17, 15) is 4.39 Å². The maximum Gasteiger partial charge on any atom is 0.187 e. The normalized spacial score (nSPS) is 22.4. The maximum atomic E-state index is 14.4. The summed E-state index contributed by atoms with van der Waals surface area (Å²) in [5, 5.41) is 0. The Morgan fingerprint density at radius 2 is 2.18 bits per heavy atom. The molecule has 6 heteroatoms. The third-order valence-electron chi connectivity index (χ3n) is 4.40. The Morgan fingerprint density at radius 3 is 2.91 bits per heavy atom. The van der Waals surface area contributed by atoms with E-state index >= 15 is 0 Å². The van der Waals surface area contributed by atoms with Crippen LogP contribution in [0.15, 0.2) is 6.33 Å². The first kappa shape index (κ1) is 15.6. The number of rotatable bonds is 6. The molecule has 1 unspecified atom stereocenters. The van der Waals surface area contributed by atoms with Crippen LogP contribution in [-0.2, 0) is 11.2 Å². The molecule has 1 saturated heterocycles. The minimum atomic E-state index is -0.281. The smallest absolute Gasteiger partial charge is 0.187 e. The summed E-state index contributed by atoms with van der Waals surface area (Å²) < 4.78 is 20.3. The van der Waals surface area contributed by atoms with Gasteiger partial charge in [0.15, 0.2) is 11.6 Å². The van der Waals surface area contributed by atoms with Gasteiger partial charge in [0.2, 0.25) is 0 Å². The van der Waals surface area contributed by atoms with Gasteiger partial charge in [-0.15, -0.1) is 0 Å². The van der Waals surface area contributed by atoms with E-state index in [1.807, 2.05) is 11.8 Å². The van der Waals surface area contributed by atoms with Gasteiger partial charge in [-0.05, 0) is 32.2 Å². The summed E-state index contributed by atoms with van der Waals surface area (Å²) in [6.45, 7) is 5.92. The van der Waals surface area contributed by atoms with Crippen LogP contribution >= 0.6 is 0 Å². The molecule has 0 bridgehead atoms. The molecule has 1 aromatic heterocycles. The minimum Gasteiger partial charge on any atom is -0.373 e. The van der Waals surface area contributed by atoms with Gasteiger partial charge in [0.25, 0.3) is 0 Å². The Bertz CT molecular complexity index is 509. The highest BCUT2D eigenvalue weighted by molar-refractivity contribution is 5.41. The highest BCUT2D eigenvalue weighted by atomic mass is 19.1. The van der Waals surface area contributed by atoms with Crippen LogP contribution in [0, 0.1) is 11.7 Å². The number of likely N-dealkylation sites (N-methyl/N-ethyl adjacent to an activating group) is 1. The first-order valence-corrected chi connectivity index (χ1v) is 8.21. The molecule has 22 heavy (non-hydrogen) atoms. The fourth-order valence-corrected chi connectivity index (χ4v) is 3.05. The second-order valence-corrected chi connectivity index (χ2v) is 6.41. The molecule has 1 aromatic rings. The Balaban J connectivity index is 1.62. The fraction of sp³-hybridized carbons (Fsp3) is 0.750. The SMILES string of the molecule is CCc1ncnc(N2CCOC(CN(C)CC3CC3)C2)c1F. The van der Waals surface area contributed by atoms with E-state index in [0.29, 0.717) is 37.6 Å². The van der Waals surface area contributed by atoms with Crippen LogP contribution < -0.4 is 4.90 Å². The largest absolute Gasteiger partial charge is 0.373 e. The quantitative estimate of drug-likeness (QED) is 0.800.